The van der Waals surface area contributed by atoms with Gasteiger partial charge in [-0.3, -0.25) is 14.5 Å². The number of hydrogen-bond donors (Lipinski definition) is 0. The predicted octanol–water partition coefficient (Wildman–Crippen LogP) is 5.34. The molecule has 1 aliphatic carbocycles. The molecule has 4 aliphatic rings. The molecule has 1 atom stereocenters. The maximum atomic E-state index is 13.8. The Balaban J connectivity index is 1.10. The van der Waals surface area contributed by atoms with Gasteiger partial charge in [0, 0.05) is 49.9 Å². The first-order chi connectivity index (χ1) is 18.2. The van der Waals surface area contributed by atoms with Gasteiger partial charge in [-0.1, -0.05) is 54.6 Å². The first-order valence-electron chi connectivity index (χ1n) is 13.9. The number of nitrogens with zero attached hydrogens (tertiary/aromatic N) is 3. The lowest BCUT2D eigenvalue weighted by molar-refractivity contribution is -0.127. The van der Waals surface area contributed by atoms with Gasteiger partial charge in [0.05, 0.1) is 11.3 Å². The largest absolute Gasteiger partial charge is 0.339 e. The van der Waals surface area contributed by atoms with Crippen molar-refractivity contribution in [1.82, 2.24) is 9.80 Å². The molecule has 0 spiro atoms. The summed E-state index contributed by atoms with van der Waals surface area (Å²) in [5.41, 5.74) is 5.33. The molecule has 0 radical (unpaired) electrons. The van der Waals surface area contributed by atoms with Crippen LogP contribution in [0.1, 0.15) is 54.8 Å². The number of anilines is 1. The number of amides is 2. The number of piperidine rings is 2. The minimum Gasteiger partial charge on any atom is -0.339 e. The monoisotopic (exact) mass is 491 g/mol. The fourth-order valence-electron chi connectivity index (χ4n) is 7.09. The van der Waals surface area contributed by atoms with E-state index in [1.54, 1.807) is 6.08 Å². The number of carbonyl (C=O) groups is 2. The molecule has 3 aromatic carbocycles. The number of para-hydroxylation sites is 1. The molecule has 3 heterocycles. The zero-order valence-corrected chi connectivity index (χ0v) is 21.2. The van der Waals surface area contributed by atoms with Crippen molar-refractivity contribution in [1.29, 1.82) is 0 Å². The zero-order valence-electron chi connectivity index (χ0n) is 21.2. The Kier molecular flexibility index (Phi) is 5.62. The molecule has 3 aliphatic heterocycles. The fraction of sp³-hybridized carbons (Fsp3) is 0.375. The summed E-state index contributed by atoms with van der Waals surface area (Å²) >= 11 is 0. The van der Waals surface area contributed by atoms with Gasteiger partial charge in [-0.15, -0.1) is 0 Å². The second-order valence-corrected chi connectivity index (χ2v) is 11.0. The van der Waals surface area contributed by atoms with E-state index >= 15 is 0 Å². The van der Waals surface area contributed by atoms with E-state index in [1.807, 2.05) is 34.1 Å². The van der Waals surface area contributed by atoms with Gasteiger partial charge in [-0.2, -0.15) is 0 Å². The molecule has 188 valence electrons. The smallest absolute Gasteiger partial charge is 0.259 e. The van der Waals surface area contributed by atoms with E-state index in [4.69, 9.17) is 0 Å². The third-order valence-electron chi connectivity index (χ3n) is 8.94. The van der Waals surface area contributed by atoms with Crippen LogP contribution in [0.4, 0.5) is 5.69 Å². The van der Waals surface area contributed by atoms with Crippen LogP contribution in [0.3, 0.4) is 0 Å². The van der Waals surface area contributed by atoms with E-state index in [-0.39, 0.29) is 17.9 Å². The Morgan fingerprint density at radius 1 is 0.838 bits per heavy atom. The highest BCUT2D eigenvalue weighted by Gasteiger charge is 2.40. The van der Waals surface area contributed by atoms with E-state index in [2.05, 4.69) is 41.3 Å². The van der Waals surface area contributed by atoms with E-state index in [1.165, 1.54) is 28.3 Å². The minimum absolute atomic E-state index is 0.0111. The molecule has 2 fully saturated rings. The van der Waals surface area contributed by atoms with Gasteiger partial charge in [0.1, 0.15) is 0 Å². The Morgan fingerprint density at radius 2 is 1.59 bits per heavy atom. The average molecular weight is 492 g/mol. The van der Waals surface area contributed by atoms with Crippen molar-refractivity contribution in [2.24, 2.45) is 0 Å². The fourth-order valence-corrected chi connectivity index (χ4v) is 7.09. The lowest BCUT2D eigenvalue weighted by Crippen LogP contribution is -2.47. The first-order valence-corrected chi connectivity index (χ1v) is 13.9. The van der Waals surface area contributed by atoms with Crippen LogP contribution >= 0.6 is 0 Å². The molecule has 0 bridgehead atoms. The van der Waals surface area contributed by atoms with Crippen LogP contribution in [0.5, 0.6) is 0 Å². The van der Waals surface area contributed by atoms with Crippen LogP contribution in [-0.4, -0.2) is 53.8 Å². The number of fused-ring (bicyclic) bond motifs is 1. The molecule has 3 aromatic rings. The quantitative estimate of drug-likeness (QED) is 0.465. The topological polar surface area (TPSA) is 43.9 Å². The van der Waals surface area contributed by atoms with Crippen LogP contribution in [0.2, 0.25) is 0 Å². The molecule has 7 rings (SSSR count). The second-order valence-electron chi connectivity index (χ2n) is 11.0. The van der Waals surface area contributed by atoms with Crippen molar-refractivity contribution in [3.63, 3.8) is 0 Å². The standard InChI is InChI=1S/C32H33N3O2/c36-30(34-16-4-1-5-17-34)21-27-25-11-2-3-13-28(25)35(32(27)37)24-14-18-33(19-15-24)29-20-23-10-6-8-22-9-7-12-26(29)31(22)23/h2-3,6-13,21,24,29H,1,4-5,14-20H2. The first kappa shape index (κ1) is 22.7. The predicted molar refractivity (Wildman–Crippen MR) is 147 cm³/mol. The summed E-state index contributed by atoms with van der Waals surface area (Å²) in [7, 11) is 0. The van der Waals surface area contributed by atoms with Crippen LogP contribution < -0.4 is 4.90 Å². The lowest BCUT2D eigenvalue weighted by atomic mass is 9.98. The third kappa shape index (κ3) is 3.79. The highest BCUT2D eigenvalue weighted by molar-refractivity contribution is 6.35. The summed E-state index contributed by atoms with van der Waals surface area (Å²) in [6, 6.07) is 21.9. The Bertz CT molecular complexity index is 1410. The summed E-state index contributed by atoms with van der Waals surface area (Å²) in [6.07, 6.45) is 7.83. The van der Waals surface area contributed by atoms with Gasteiger partial charge in [0.25, 0.3) is 5.91 Å². The van der Waals surface area contributed by atoms with Gasteiger partial charge >= 0.3 is 0 Å². The van der Waals surface area contributed by atoms with Crippen molar-refractivity contribution in [2.45, 2.75) is 50.6 Å². The summed E-state index contributed by atoms with van der Waals surface area (Å²) in [4.78, 5) is 33.3. The number of benzene rings is 3. The number of likely N-dealkylation sites (tertiary alicyclic amines) is 2. The van der Waals surface area contributed by atoms with Crippen molar-refractivity contribution >= 4 is 33.8 Å². The molecular formula is C32H33N3O2. The average Bonchev–Trinajstić information content (AvgIpc) is 3.46. The molecular weight excluding hydrogens is 458 g/mol. The normalized spacial score (nSPS) is 23.3. The zero-order chi connectivity index (χ0) is 24.9. The third-order valence-corrected chi connectivity index (χ3v) is 8.94. The molecule has 0 saturated carbocycles. The van der Waals surface area contributed by atoms with Crippen molar-refractivity contribution in [3.05, 3.63) is 83.4 Å². The van der Waals surface area contributed by atoms with Gasteiger partial charge in [0.2, 0.25) is 5.91 Å². The Morgan fingerprint density at radius 3 is 2.41 bits per heavy atom. The number of hydrogen-bond acceptors (Lipinski definition) is 3. The summed E-state index contributed by atoms with van der Waals surface area (Å²) in [6.45, 7) is 3.52. The maximum Gasteiger partial charge on any atom is 0.259 e. The summed E-state index contributed by atoms with van der Waals surface area (Å²) < 4.78 is 0. The minimum atomic E-state index is -0.0236. The van der Waals surface area contributed by atoms with Crippen molar-refractivity contribution in [2.75, 3.05) is 31.1 Å². The van der Waals surface area contributed by atoms with Gasteiger partial charge in [0.15, 0.2) is 0 Å². The van der Waals surface area contributed by atoms with Crippen LogP contribution in [0.15, 0.2) is 66.7 Å². The molecule has 0 aromatic heterocycles. The number of rotatable bonds is 3. The van der Waals surface area contributed by atoms with Gasteiger partial charge in [-0.25, -0.2) is 0 Å². The molecule has 37 heavy (non-hydrogen) atoms. The highest BCUT2D eigenvalue weighted by Crippen LogP contribution is 2.43. The molecule has 1 unspecified atom stereocenters. The van der Waals surface area contributed by atoms with E-state index in [0.29, 0.717) is 11.6 Å². The van der Waals surface area contributed by atoms with E-state index in [0.717, 1.165) is 69.5 Å². The van der Waals surface area contributed by atoms with E-state index < -0.39 is 0 Å². The SMILES string of the molecule is O=C(C=C1C(=O)N(C2CCN(C3Cc4cccc5cccc3c45)CC2)c2ccccc21)N1CCCCC1. The summed E-state index contributed by atoms with van der Waals surface area (Å²) in [5, 5.41) is 2.78. The second kappa shape index (κ2) is 9.14. The summed E-state index contributed by atoms with van der Waals surface area (Å²) in [5.74, 6) is -0.0347. The van der Waals surface area contributed by atoms with Crippen molar-refractivity contribution < 1.29 is 9.59 Å². The lowest BCUT2D eigenvalue weighted by Gasteiger charge is -2.39. The van der Waals surface area contributed by atoms with Gasteiger partial charge in [-0.05, 0) is 66.5 Å². The highest BCUT2D eigenvalue weighted by atomic mass is 16.2. The van der Waals surface area contributed by atoms with Crippen LogP contribution in [0.25, 0.3) is 16.3 Å². The van der Waals surface area contributed by atoms with Crippen LogP contribution in [-0.2, 0) is 16.0 Å². The molecule has 2 saturated heterocycles. The Hall–Kier alpha value is -3.44. The molecule has 5 heteroatoms. The van der Waals surface area contributed by atoms with Gasteiger partial charge < -0.3 is 9.80 Å². The van der Waals surface area contributed by atoms with E-state index in [9.17, 15) is 9.59 Å². The van der Waals surface area contributed by atoms with Crippen molar-refractivity contribution in [3.8, 4) is 0 Å². The van der Waals surface area contributed by atoms with Crippen LogP contribution in [0, 0.1) is 0 Å². The molecule has 0 N–H and O–H groups in total. The molecule has 5 nitrogen and oxygen atoms in total. The Labute approximate surface area is 218 Å². The number of carbonyl (C=O) groups excluding carboxylic acids is 2. The molecule has 2 amide bonds. The maximum absolute atomic E-state index is 13.8.